The Kier molecular flexibility index (Phi) is 7.85. The summed E-state index contributed by atoms with van der Waals surface area (Å²) < 4.78 is 40.7. The zero-order valence-corrected chi connectivity index (χ0v) is 20.5. The number of halogens is 1. The Hall–Kier alpha value is -2.49. The van der Waals surface area contributed by atoms with E-state index in [1.807, 2.05) is 21.9 Å². The van der Waals surface area contributed by atoms with Gasteiger partial charge in [-0.2, -0.15) is 4.31 Å². The van der Waals surface area contributed by atoms with E-state index in [2.05, 4.69) is 11.8 Å². The van der Waals surface area contributed by atoms with Crippen LogP contribution in [0, 0.1) is 5.82 Å². The summed E-state index contributed by atoms with van der Waals surface area (Å²) in [5, 5.41) is 0. The lowest BCUT2D eigenvalue weighted by atomic mass is 10.1. The highest BCUT2D eigenvalue weighted by Crippen LogP contribution is 2.20. The number of carbonyl (C=O) groups is 1. The van der Waals surface area contributed by atoms with Crippen LogP contribution in [0.4, 0.5) is 10.1 Å². The third-order valence-corrected chi connectivity index (χ3v) is 8.53. The van der Waals surface area contributed by atoms with Crippen molar-refractivity contribution >= 4 is 21.6 Å². The molecule has 0 bridgehead atoms. The Bertz CT molecular complexity index is 1060. The molecule has 184 valence electrons. The van der Waals surface area contributed by atoms with Gasteiger partial charge in [0.15, 0.2) is 0 Å². The third-order valence-electron chi connectivity index (χ3n) is 6.61. The number of benzene rings is 2. The minimum absolute atomic E-state index is 0.0709. The van der Waals surface area contributed by atoms with Gasteiger partial charge < -0.3 is 9.80 Å². The maximum Gasteiger partial charge on any atom is 0.243 e. The van der Waals surface area contributed by atoms with Crippen molar-refractivity contribution in [3.63, 3.8) is 0 Å². The summed E-state index contributed by atoms with van der Waals surface area (Å²) in [6.07, 6.45) is 1.96. The predicted molar refractivity (Wildman–Crippen MR) is 131 cm³/mol. The van der Waals surface area contributed by atoms with Gasteiger partial charge in [0, 0.05) is 58.0 Å². The summed E-state index contributed by atoms with van der Waals surface area (Å²) in [7, 11) is -3.52. The molecule has 9 heteroatoms. The van der Waals surface area contributed by atoms with Crippen LogP contribution >= 0.6 is 0 Å². The molecule has 0 radical (unpaired) electrons. The number of carbonyl (C=O) groups excluding carboxylic acids is 1. The van der Waals surface area contributed by atoms with Crippen LogP contribution in [-0.4, -0.2) is 87.3 Å². The van der Waals surface area contributed by atoms with E-state index in [0.29, 0.717) is 63.8 Å². The molecule has 2 aliphatic rings. The topological polar surface area (TPSA) is 64.2 Å². The lowest BCUT2D eigenvalue weighted by Gasteiger charge is -2.38. The molecule has 2 aromatic carbocycles. The lowest BCUT2D eigenvalue weighted by molar-refractivity contribution is -0.133. The van der Waals surface area contributed by atoms with Crippen LogP contribution in [0.5, 0.6) is 0 Å². The van der Waals surface area contributed by atoms with Gasteiger partial charge in [-0.1, -0.05) is 25.5 Å². The number of nitrogens with zero attached hydrogens (tertiary/aromatic N) is 4. The molecule has 2 aliphatic heterocycles. The Morgan fingerprint density at radius 2 is 1.47 bits per heavy atom. The molecule has 0 aliphatic carbocycles. The second-order valence-corrected chi connectivity index (χ2v) is 10.9. The maximum absolute atomic E-state index is 13.1. The van der Waals surface area contributed by atoms with E-state index in [1.165, 1.54) is 16.4 Å². The van der Waals surface area contributed by atoms with Crippen molar-refractivity contribution in [2.75, 3.05) is 63.8 Å². The van der Waals surface area contributed by atoms with E-state index in [-0.39, 0.29) is 11.7 Å². The first-order valence-electron chi connectivity index (χ1n) is 12.0. The monoisotopic (exact) mass is 488 g/mol. The third kappa shape index (κ3) is 5.76. The van der Waals surface area contributed by atoms with E-state index in [0.717, 1.165) is 24.1 Å². The molecular formula is C25H33FN4O3S. The van der Waals surface area contributed by atoms with Crippen molar-refractivity contribution in [3.05, 3.63) is 59.9 Å². The van der Waals surface area contributed by atoms with Crippen molar-refractivity contribution in [3.8, 4) is 0 Å². The number of piperazine rings is 2. The lowest BCUT2D eigenvalue weighted by Crippen LogP contribution is -2.54. The maximum atomic E-state index is 13.1. The molecule has 2 aromatic rings. The molecule has 0 N–H and O–H groups in total. The largest absolute Gasteiger partial charge is 0.368 e. The molecule has 4 rings (SSSR count). The zero-order valence-electron chi connectivity index (χ0n) is 19.7. The number of hydrogen-bond acceptors (Lipinski definition) is 5. The highest BCUT2D eigenvalue weighted by Gasteiger charge is 2.30. The van der Waals surface area contributed by atoms with Gasteiger partial charge in [-0.05, 0) is 48.4 Å². The van der Waals surface area contributed by atoms with Gasteiger partial charge in [0.25, 0.3) is 0 Å². The molecule has 1 amide bonds. The fourth-order valence-corrected chi connectivity index (χ4v) is 5.97. The van der Waals surface area contributed by atoms with Crippen molar-refractivity contribution in [1.82, 2.24) is 14.1 Å². The van der Waals surface area contributed by atoms with Crippen LogP contribution in [0.25, 0.3) is 0 Å². The molecule has 0 saturated carbocycles. The van der Waals surface area contributed by atoms with Gasteiger partial charge in [0.1, 0.15) is 5.82 Å². The molecule has 2 heterocycles. The molecule has 0 spiro atoms. The van der Waals surface area contributed by atoms with Crippen LogP contribution in [0.1, 0.15) is 18.9 Å². The highest BCUT2D eigenvalue weighted by atomic mass is 32.2. The fraction of sp³-hybridized carbons (Fsp3) is 0.480. The van der Waals surface area contributed by atoms with Gasteiger partial charge in [-0.15, -0.1) is 0 Å². The van der Waals surface area contributed by atoms with Gasteiger partial charge in [0.05, 0.1) is 11.4 Å². The van der Waals surface area contributed by atoms with Gasteiger partial charge >= 0.3 is 0 Å². The molecule has 0 unspecified atom stereocenters. The number of amides is 1. The van der Waals surface area contributed by atoms with Crippen LogP contribution in [0.3, 0.4) is 0 Å². The summed E-state index contributed by atoms with van der Waals surface area (Å²) in [4.78, 5) is 19.2. The number of sulfonamides is 1. The number of anilines is 1. The number of aryl methyl sites for hydroxylation is 1. The van der Waals surface area contributed by atoms with E-state index in [4.69, 9.17) is 0 Å². The summed E-state index contributed by atoms with van der Waals surface area (Å²) in [6, 6.07) is 13.6. The smallest absolute Gasteiger partial charge is 0.243 e. The quantitative estimate of drug-likeness (QED) is 0.599. The van der Waals surface area contributed by atoms with Crippen LogP contribution in [-0.2, 0) is 21.2 Å². The fourth-order valence-electron chi connectivity index (χ4n) is 4.55. The van der Waals surface area contributed by atoms with E-state index < -0.39 is 10.0 Å². The molecule has 7 nitrogen and oxygen atoms in total. The second-order valence-electron chi connectivity index (χ2n) is 8.92. The summed E-state index contributed by atoms with van der Waals surface area (Å²) in [5.41, 5.74) is 2.11. The standard InChI is InChI=1S/C25H33FN4O3S/c1-2-3-21-4-10-24(11-5-21)34(32,33)30-18-12-27(13-19-30)20-25(31)29-16-14-28(15-17-29)23-8-6-22(26)7-9-23/h4-11H,2-3,12-20H2,1H3. The van der Waals surface area contributed by atoms with Crippen LogP contribution in [0.15, 0.2) is 53.4 Å². The SMILES string of the molecule is CCCc1ccc(S(=O)(=O)N2CCN(CC(=O)N3CCN(c4ccc(F)cc4)CC3)CC2)cc1. The van der Waals surface area contributed by atoms with E-state index >= 15 is 0 Å². The Balaban J connectivity index is 1.24. The first-order chi connectivity index (χ1) is 16.4. The molecule has 2 saturated heterocycles. The second kappa shape index (κ2) is 10.8. The Morgan fingerprint density at radius 1 is 0.853 bits per heavy atom. The summed E-state index contributed by atoms with van der Waals surface area (Å²) in [6.45, 7) is 6.90. The average Bonchev–Trinajstić information content (AvgIpc) is 2.85. The minimum Gasteiger partial charge on any atom is -0.368 e. The number of rotatable bonds is 7. The Morgan fingerprint density at radius 3 is 2.06 bits per heavy atom. The number of hydrogen-bond donors (Lipinski definition) is 0. The van der Waals surface area contributed by atoms with Gasteiger partial charge in [-0.3, -0.25) is 9.69 Å². The summed E-state index contributed by atoms with van der Waals surface area (Å²) in [5.74, 6) is -0.183. The summed E-state index contributed by atoms with van der Waals surface area (Å²) >= 11 is 0. The van der Waals surface area contributed by atoms with Crippen molar-refractivity contribution < 1.29 is 17.6 Å². The predicted octanol–water partition coefficient (Wildman–Crippen LogP) is 2.43. The normalized spacial score (nSPS) is 18.3. The average molecular weight is 489 g/mol. The molecule has 34 heavy (non-hydrogen) atoms. The minimum atomic E-state index is -3.52. The zero-order chi connectivity index (χ0) is 24.1. The van der Waals surface area contributed by atoms with Crippen molar-refractivity contribution in [2.45, 2.75) is 24.7 Å². The van der Waals surface area contributed by atoms with Crippen LogP contribution < -0.4 is 4.90 Å². The van der Waals surface area contributed by atoms with Gasteiger partial charge in [0.2, 0.25) is 15.9 Å². The van der Waals surface area contributed by atoms with Gasteiger partial charge in [-0.25, -0.2) is 12.8 Å². The van der Waals surface area contributed by atoms with E-state index in [9.17, 15) is 17.6 Å². The van der Waals surface area contributed by atoms with Crippen molar-refractivity contribution in [2.24, 2.45) is 0 Å². The van der Waals surface area contributed by atoms with Crippen LogP contribution in [0.2, 0.25) is 0 Å². The highest BCUT2D eigenvalue weighted by molar-refractivity contribution is 7.89. The molecule has 0 aromatic heterocycles. The molecule has 2 fully saturated rings. The molecular weight excluding hydrogens is 455 g/mol. The first-order valence-corrected chi connectivity index (χ1v) is 13.4. The first kappa shape index (κ1) is 24.6. The van der Waals surface area contributed by atoms with Crippen molar-refractivity contribution in [1.29, 1.82) is 0 Å². The Labute approximate surface area is 201 Å². The van der Waals surface area contributed by atoms with E-state index in [1.54, 1.807) is 24.3 Å². The molecule has 0 atom stereocenters.